The molecule has 0 aromatic carbocycles. The quantitative estimate of drug-likeness (QED) is 0.417. The van der Waals surface area contributed by atoms with E-state index in [0.29, 0.717) is 19.8 Å². The van der Waals surface area contributed by atoms with Crippen molar-refractivity contribution in [1.29, 1.82) is 0 Å². The van der Waals surface area contributed by atoms with Crippen LogP contribution in [0.4, 0.5) is 0 Å². The molecule has 1 unspecified atom stereocenters. The van der Waals surface area contributed by atoms with Crippen molar-refractivity contribution in [3.05, 3.63) is 24.3 Å². The van der Waals surface area contributed by atoms with Crippen molar-refractivity contribution in [2.75, 3.05) is 19.8 Å². The molecular weight excluding hydrogens is 228 g/mol. The Labute approximate surface area is 112 Å². The zero-order valence-electron chi connectivity index (χ0n) is 12.2. The molecule has 3 heteroatoms. The van der Waals surface area contributed by atoms with E-state index in [2.05, 4.69) is 19.1 Å². The fraction of sp³-hybridized carbons (Fsp3) is 0.733. The first-order valence-electron chi connectivity index (χ1n) is 6.96. The first-order valence-corrected chi connectivity index (χ1v) is 6.96. The highest BCUT2D eigenvalue weighted by Gasteiger charge is 2.14. The maximum atomic E-state index is 5.66. The molecule has 0 amide bonds. The minimum Gasteiger partial charge on any atom is -0.374 e. The highest BCUT2D eigenvalue weighted by Crippen LogP contribution is 2.10. The third-order valence-corrected chi connectivity index (χ3v) is 2.32. The molecule has 0 aliphatic heterocycles. The molecular formula is C15H28O3. The van der Waals surface area contributed by atoms with Crippen LogP contribution in [0.5, 0.6) is 0 Å². The molecule has 0 saturated heterocycles. The molecule has 0 aliphatic carbocycles. The summed E-state index contributed by atoms with van der Waals surface area (Å²) in [6.07, 6.45) is 9.87. The maximum Gasteiger partial charge on any atom is 0.160 e. The summed E-state index contributed by atoms with van der Waals surface area (Å²) >= 11 is 0. The average molecular weight is 256 g/mol. The lowest BCUT2D eigenvalue weighted by atomic mass is 10.2. The molecule has 0 rings (SSSR count). The second-order valence-corrected chi connectivity index (χ2v) is 3.79. The van der Waals surface area contributed by atoms with Gasteiger partial charge in [0.25, 0.3) is 0 Å². The zero-order chi connectivity index (χ0) is 13.6. The van der Waals surface area contributed by atoms with Gasteiger partial charge in [0.1, 0.15) is 0 Å². The third kappa shape index (κ3) is 9.40. The van der Waals surface area contributed by atoms with E-state index >= 15 is 0 Å². The van der Waals surface area contributed by atoms with Crippen molar-refractivity contribution in [3.63, 3.8) is 0 Å². The molecule has 0 fully saturated rings. The predicted octanol–water partition coefficient (Wildman–Crippen LogP) is 3.70. The van der Waals surface area contributed by atoms with Gasteiger partial charge in [-0.05, 0) is 27.2 Å². The van der Waals surface area contributed by atoms with Crippen molar-refractivity contribution >= 4 is 0 Å². The lowest BCUT2D eigenvalue weighted by Gasteiger charge is -2.21. The van der Waals surface area contributed by atoms with Gasteiger partial charge < -0.3 is 14.2 Å². The van der Waals surface area contributed by atoms with Gasteiger partial charge in [0.15, 0.2) is 6.29 Å². The van der Waals surface area contributed by atoms with Crippen LogP contribution in [0.2, 0.25) is 0 Å². The molecule has 0 aromatic rings. The Bertz CT molecular complexity index is 218. The smallest absolute Gasteiger partial charge is 0.160 e. The summed E-state index contributed by atoms with van der Waals surface area (Å²) in [5.41, 5.74) is 0. The first-order chi connectivity index (χ1) is 8.78. The van der Waals surface area contributed by atoms with E-state index in [-0.39, 0.29) is 12.4 Å². The predicted molar refractivity (Wildman–Crippen MR) is 75.6 cm³/mol. The molecule has 3 nitrogen and oxygen atoms in total. The zero-order valence-corrected chi connectivity index (χ0v) is 12.2. The highest BCUT2D eigenvalue weighted by molar-refractivity contribution is 5.04. The molecule has 1 atom stereocenters. The highest BCUT2D eigenvalue weighted by atomic mass is 16.7. The summed E-state index contributed by atoms with van der Waals surface area (Å²) in [5, 5.41) is 0. The Morgan fingerprint density at radius 1 is 0.833 bits per heavy atom. The number of hydrogen-bond acceptors (Lipinski definition) is 3. The number of hydrogen-bond donors (Lipinski definition) is 0. The van der Waals surface area contributed by atoms with Crippen molar-refractivity contribution in [1.82, 2.24) is 0 Å². The Morgan fingerprint density at radius 2 is 1.44 bits per heavy atom. The Kier molecular flexibility index (Phi) is 12.4. The Hall–Kier alpha value is -0.640. The minimum absolute atomic E-state index is 0.0413. The monoisotopic (exact) mass is 256 g/mol. The van der Waals surface area contributed by atoms with Crippen LogP contribution in [0.3, 0.4) is 0 Å². The minimum atomic E-state index is -0.184. The van der Waals surface area contributed by atoms with Crippen molar-refractivity contribution in [2.24, 2.45) is 0 Å². The van der Waals surface area contributed by atoms with E-state index < -0.39 is 0 Å². The van der Waals surface area contributed by atoms with Crippen LogP contribution >= 0.6 is 0 Å². The number of rotatable bonds is 11. The van der Waals surface area contributed by atoms with Gasteiger partial charge in [-0.15, -0.1) is 0 Å². The summed E-state index contributed by atoms with van der Waals surface area (Å²) in [7, 11) is 0. The topological polar surface area (TPSA) is 27.7 Å². The summed E-state index contributed by atoms with van der Waals surface area (Å²) in [5.74, 6) is 0. The summed E-state index contributed by atoms with van der Waals surface area (Å²) in [6, 6.07) is 0. The van der Waals surface area contributed by atoms with E-state index in [1.807, 2.05) is 32.9 Å². The molecule has 106 valence electrons. The van der Waals surface area contributed by atoms with E-state index in [1.165, 1.54) is 0 Å². The Morgan fingerprint density at radius 3 is 1.94 bits per heavy atom. The van der Waals surface area contributed by atoms with Crippen LogP contribution < -0.4 is 0 Å². The van der Waals surface area contributed by atoms with Gasteiger partial charge in [-0.1, -0.05) is 31.2 Å². The molecule has 0 N–H and O–H groups in total. The fourth-order valence-electron chi connectivity index (χ4n) is 1.56. The van der Waals surface area contributed by atoms with Crippen LogP contribution in [-0.2, 0) is 14.2 Å². The van der Waals surface area contributed by atoms with E-state index in [1.54, 1.807) is 0 Å². The normalized spacial score (nSPS) is 14.1. The van der Waals surface area contributed by atoms with Gasteiger partial charge in [-0.3, -0.25) is 0 Å². The second-order valence-electron chi connectivity index (χ2n) is 3.79. The number of ether oxygens (including phenoxy) is 3. The number of allylic oxidation sites excluding steroid dienone is 3. The molecule has 0 aliphatic rings. The van der Waals surface area contributed by atoms with Crippen LogP contribution in [0.25, 0.3) is 0 Å². The summed E-state index contributed by atoms with van der Waals surface area (Å²) < 4.78 is 16.7. The summed E-state index contributed by atoms with van der Waals surface area (Å²) in [6.45, 7) is 10.1. The maximum absolute atomic E-state index is 5.66. The molecule has 0 bridgehead atoms. The van der Waals surface area contributed by atoms with Gasteiger partial charge in [0, 0.05) is 26.2 Å². The first kappa shape index (κ1) is 17.4. The molecule has 0 radical (unpaired) electrons. The second kappa shape index (κ2) is 12.8. The standard InChI is InChI=1S/C15H28O3/c1-5-9-10-11-12-14(16-6-2)13-15(17-7-3)18-8-4/h9-12,14-15H,5-8,13H2,1-4H3. The van der Waals surface area contributed by atoms with E-state index in [0.717, 1.165) is 12.8 Å². The lowest BCUT2D eigenvalue weighted by molar-refractivity contribution is -0.152. The molecule has 0 aromatic heterocycles. The molecule has 0 spiro atoms. The lowest BCUT2D eigenvalue weighted by Crippen LogP contribution is -2.24. The largest absolute Gasteiger partial charge is 0.374 e. The molecule has 0 saturated carbocycles. The van der Waals surface area contributed by atoms with Crippen molar-refractivity contribution in [2.45, 2.75) is 52.9 Å². The van der Waals surface area contributed by atoms with Gasteiger partial charge in [0.2, 0.25) is 0 Å². The third-order valence-electron chi connectivity index (χ3n) is 2.32. The van der Waals surface area contributed by atoms with Crippen LogP contribution in [0.15, 0.2) is 24.3 Å². The SMILES string of the molecule is CCC=CC=CC(CC(OCC)OCC)OCC. The van der Waals surface area contributed by atoms with Crippen LogP contribution in [0, 0.1) is 0 Å². The Balaban J connectivity index is 4.28. The van der Waals surface area contributed by atoms with E-state index in [4.69, 9.17) is 14.2 Å². The summed E-state index contributed by atoms with van der Waals surface area (Å²) in [4.78, 5) is 0. The fourth-order valence-corrected chi connectivity index (χ4v) is 1.56. The average Bonchev–Trinajstić information content (AvgIpc) is 2.35. The van der Waals surface area contributed by atoms with Gasteiger partial charge in [-0.2, -0.15) is 0 Å². The van der Waals surface area contributed by atoms with Gasteiger partial charge in [0.05, 0.1) is 6.10 Å². The van der Waals surface area contributed by atoms with Crippen LogP contribution in [0.1, 0.15) is 40.5 Å². The molecule has 0 heterocycles. The van der Waals surface area contributed by atoms with Gasteiger partial charge >= 0.3 is 0 Å². The van der Waals surface area contributed by atoms with Crippen LogP contribution in [-0.4, -0.2) is 32.2 Å². The van der Waals surface area contributed by atoms with Crippen molar-refractivity contribution in [3.8, 4) is 0 Å². The van der Waals surface area contributed by atoms with E-state index in [9.17, 15) is 0 Å². The van der Waals surface area contributed by atoms with Crippen molar-refractivity contribution < 1.29 is 14.2 Å². The van der Waals surface area contributed by atoms with Gasteiger partial charge in [-0.25, -0.2) is 0 Å². The molecule has 18 heavy (non-hydrogen) atoms.